The highest BCUT2D eigenvalue weighted by Gasteiger charge is 2.19. The van der Waals surface area contributed by atoms with Crippen LogP contribution in [0.5, 0.6) is 0 Å². The molecule has 1 unspecified atom stereocenters. The standard InChI is InChI=1S/C12H20N4O2/c1-15-7-4-3-5-10(15)6-8-16-9-11(13-14-16)12(17)18-2/h9-10H,3-8H2,1-2H3. The molecular formula is C12H20N4O2. The second-order valence-corrected chi connectivity index (χ2v) is 4.78. The summed E-state index contributed by atoms with van der Waals surface area (Å²) in [4.78, 5) is 13.6. The summed E-state index contributed by atoms with van der Waals surface area (Å²) < 4.78 is 6.32. The molecule has 2 heterocycles. The quantitative estimate of drug-likeness (QED) is 0.746. The number of hydrogen-bond donors (Lipinski definition) is 0. The molecule has 1 saturated heterocycles. The van der Waals surface area contributed by atoms with E-state index >= 15 is 0 Å². The number of rotatable bonds is 4. The van der Waals surface area contributed by atoms with E-state index in [4.69, 9.17) is 0 Å². The molecule has 0 spiro atoms. The average Bonchev–Trinajstić information content (AvgIpc) is 2.86. The Labute approximate surface area is 107 Å². The van der Waals surface area contributed by atoms with Gasteiger partial charge in [-0.1, -0.05) is 11.6 Å². The summed E-state index contributed by atoms with van der Waals surface area (Å²) in [6.45, 7) is 1.97. The van der Waals surface area contributed by atoms with Crippen molar-refractivity contribution in [2.75, 3.05) is 20.7 Å². The summed E-state index contributed by atoms with van der Waals surface area (Å²) >= 11 is 0. The van der Waals surface area contributed by atoms with E-state index in [1.807, 2.05) is 0 Å². The van der Waals surface area contributed by atoms with Gasteiger partial charge in [0.2, 0.25) is 0 Å². The lowest BCUT2D eigenvalue weighted by Gasteiger charge is -2.32. The van der Waals surface area contributed by atoms with Crippen LogP contribution >= 0.6 is 0 Å². The van der Waals surface area contributed by atoms with Crippen LogP contribution in [0.1, 0.15) is 36.2 Å². The predicted octanol–water partition coefficient (Wildman–Crippen LogP) is 0.939. The molecule has 1 aliphatic heterocycles. The number of aromatic nitrogens is 3. The Morgan fingerprint density at radius 3 is 3.11 bits per heavy atom. The average molecular weight is 252 g/mol. The van der Waals surface area contributed by atoms with Crippen molar-refractivity contribution in [1.82, 2.24) is 19.9 Å². The molecule has 0 bridgehead atoms. The van der Waals surface area contributed by atoms with Crippen LogP contribution in [-0.4, -0.2) is 52.6 Å². The molecule has 0 amide bonds. The van der Waals surface area contributed by atoms with Crippen LogP contribution in [-0.2, 0) is 11.3 Å². The zero-order chi connectivity index (χ0) is 13.0. The highest BCUT2D eigenvalue weighted by molar-refractivity contribution is 5.86. The van der Waals surface area contributed by atoms with Crippen LogP contribution in [0.4, 0.5) is 0 Å². The first-order valence-electron chi connectivity index (χ1n) is 6.39. The van der Waals surface area contributed by atoms with Crippen molar-refractivity contribution < 1.29 is 9.53 Å². The van der Waals surface area contributed by atoms with E-state index in [1.54, 1.807) is 10.9 Å². The lowest BCUT2D eigenvalue weighted by atomic mass is 10.0. The molecule has 1 aliphatic rings. The topological polar surface area (TPSA) is 60.2 Å². The molecular weight excluding hydrogens is 232 g/mol. The Hall–Kier alpha value is -1.43. The Bertz CT molecular complexity index is 405. The van der Waals surface area contributed by atoms with E-state index in [0.29, 0.717) is 6.04 Å². The molecule has 1 atom stereocenters. The molecule has 18 heavy (non-hydrogen) atoms. The van der Waals surface area contributed by atoms with Gasteiger partial charge in [0.15, 0.2) is 5.69 Å². The van der Waals surface area contributed by atoms with Crippen LogP contribution < -0.4 is 0 Å². The van der Waals surface area contributed by atoms with Gasteiger partial charge in [0, 0.05) is 12.6 Å². The highest BCUT2D eigenvalue weighted by Crippen LogP contribution is 2.18. The summed E-state index contributed by atoms with van der Waals surface area (Å²) in [5, 5.41) is 7.74. The molecule has 0 radical (unpaired) electrons. The summed E-state index contributed by atoms with van der Waals surface area (Å²) in [6.07, 6.45) is 6.53. The Morgan fingerprint density at radius 2 is 2.39 bits per heavy atom. The first-order valence-corrected chi connectivity index (χ1v) is 6.39. The van der Waals surface area contributed by atoms with E-state index in [1.165, 1.54) is 32.9 Å². The van der Waals surface area contributed by atoms with Gasteiger partial charge in [-0.25, -0.2) is 4.79 Å². The second kappa shape index (κ2) is 5.95. The van der Waals surface area contributed by atoms with E-state index < -0.39 is 5.97 Å². The van der Waals surface area contributed by atoms with E-state index in [2.05, 4.69) is 27.0 Å². The van der Waals surface area contributed by atoms with Gasteiger partial charge in [-0.05, 0) is 32.9 Å². The number of carbonyl (C=O) groups is 1. The summed E-state index contributed by atoms with van der Waals surface area (Å²) in [7, 11) is 3.52. The van der Waals surface area contributed by atoms with E-state index in [-0.39, 0.29) is 5.69 Å². The van der Waals surface area contributed by atoms with Crippen LogP contribution in [0.3, 0.4) is 0 Å². The minimum absolute atomic E-state index is 0.273. The van der Waals surface area contributed by atoms with Gasteiger partial charge in [-0.2, -0.15) is 0 Å². The monoisotopic (exact) mass is 252 g/mol. The fraction of sp³-hybridized carbons (Fsp3) is 0.750. The lowest BCUT2D eigenvalue weighted by Crippen LogP contribution is -2.36. The third-order valence-corrected chi connectivity index (χ3v) is 3.55. The van der Waals surface area contributed by atoms with Crippen molar-refractivity contribution in [1.29, 1.82) is 0 Å². The molecule has 6 heteroatoms. The number of methoxy groups -OCH3 is 1. The van der Waals surface area contributed by atoms with E-state index in [0.717, 1.165) is 13.0 Å². The number of aryl methyl sites for hydroxylation is 1. The predicted molar refractivity (Wildman–Crippen MR) is 66.2 cm³/mol. The summed E-state index contributed by atoms with van der Waals surface area (Å²) in [6, 6.07) is 0.615. The first-order chi connectivity index (χ1) is 8.70. The fourth-order valence-corrected chi connectivity index (χ4v) is 2.40. The highest BCUT2D eigenvalue weighted by atomic mass is 16.5. The number of esters is 1. The number of nitrogens with zero attached hydrogens (tertiary/aromatic N) is 4. The summed E-state index contributed by atoms with van der Waals surface area (Å²) in [5.74, 6) is -0.434. The molecule has 1 aromatic heterocycles. The minimum atomic E-state index is -0.434. The van der Waals surface area contributed by atoms with Crippen LogP contribution in [0, 0.1) is 0 Å². The molecule has 100 valence electrons. The Kier molecular flexibility index (Phi) is 4.30. The molecule has 1 fully saturated rings. The first kappa shape index (κ1) is 13.0. The number of likely N-dealkylation sites (tertiary alicyclic amines) is 1. The van der Waals surface area contributed by atoms with E-state index in [9.17, 15) is 4.79 Å². The molecule has 1 aromatic rings. The summed E-state index contributed by atoms with van der Waals surface area (Å²) in [5.41, 5.74) is 0.273. The number of hydrogen-bond acceptors (Lipinski definition) is 5. The SMILES string of the molecule is COC(=O)c1cn(CCC2CCCCN2C)nn1. The zero-order valence-corrected chi connectivity index (χ0v) is 11.0. The van der Waals surface area contributed by atoms with Crippen LogP contribution in [0.25, 0.3) is 0 Å². The van der Waals surface area contributed by atoms with Gasteiger partial charge in [0.1, 0.15) is 0 Å². The number of ether oxygens (including phenoxy) is 1. The molecule has 6 nitrogen and oxygen atoms in total. The van der Waals surface area contributed by atoms with Crippen molar-refractivity contribution >= 4 is 5.97 Å². The molecule has 2 rings (SSSR count). The molecule has 0 aromatic carbocycles. The molecule has 0 saturated carbocycles. The van der Waals surface area contributed by atoms with Crippen molar-refractivity contribution in [3.8, 4) is 0 Å². The molecule has 0 N–H and O–H groups in total. The van der Waals surface area contributed by atoms with Gasteiger partial charge in [0.25, 0.3) is 0 Å². The Balaban J connectivity index is 1.86. The van der Waals surface area contributed by atoms with Crippen molar-refractivity contribution in [2.24, 2.45) is 0 Å². The maximum Gasteiger partial charge on any atom is 0.360 e. The van der Waals surface area contributed by atoms with Gasteiger partial charge < -0.3 is 9.64 Å². The van der Waals surface area contributed by atoms with Crippen LogP contribution in [0.15, 0.2) is 6.20 Å². The third-order valence-electron chi connectivity index (χ3n) is 3.55. The van der Waals surface area contributed by atoms with Gasteiger partial charge in [-0.3, -0.25) is 4.68 Å². The van der Waals surface area contributed by atoms with Gasteiger partial charge >= 0.3 is 5.97 Å². The maximum atomic E-state index is 11.2. The second-order valence-electron chi connectivity index (χ2n) is 4.78. The van der Waals surface area contributed by atoms with Crippen molar-refractivity contribution in [3.05, 3.63) is 11.9 Å². The van der Waals surface area contributed by atoms with Crippen molar-refractivity contribution in [2.45, 2.75) is 38.3 Å². The largest absolute Gasteiger partial charge is 0.464 e. The third kappa shape index (κ3) is 3.07. The van der Waals surface area contributed by atoms with Gasteiger partial charge in [0.05, 0.1) is 13.3 Å². The Morgan fingerprint density at radius 1 is 1.56 bits per heavy atom. The smallest absolute Gasteiger partial charge is 0.360 e. The lowest BCUT2D eigenvalue weighted by molar-refractivity contribution is 0.0594. The molecule has 0 aliphatic carbocycles. The minimum Gasteiger partial charge on any atom is -0.464 e. The van der Waals surface area contributed by atoms with Gasteiger partial charge in [-0.15, -0.1) is 5.10 Å². The number of piperidine rings is 1. The normalized spacial score (nSPS) is 20.9. The number of carbonyl (C=O) groups excluding carboxylic acids is 1. The zero-order valence-electron chi connectivity index (χ0n) is 11.0. The van der Waals surface area contributed by atoms with Crippen molar-refractivity contribution in [3.63, 3.8) is 0 Å². The fourth-order valence-electron chi connectivity index (χ4n) is 2.40. The maximum absolute atomic E-state index is 11.2. The van der Waals surface area contributed by atoms with Crippen LogP contribution in [0.2, 0.25) is 0 Å².